The number of fused-ring (bicyclic) bond motifs is 1. The summed E-state index contributed by atoms with van der Waals surface area (Å²) in [5.41, 5.74) is 11.2. The van der Waals surface area contributed by atoms with Crippen LogP contribution in [0, 0.1) is 0 Å². The van der Waals surface area contributed by atoms with E-state index in [9.17, 15) is 0 Å². The van der Waals surface area contributed by atoms with E-state index in [2.05, 4.69) is 21.9 Å². The molecule has 2 rings (SSSR count). The number of para-hydroxylation sites is 1. The summed E-state index contributed by atoms with van der Waals surface area (Å²) in [5.74, 6) is 0. The zero-order valence-corrected chi connectivity index (χ0v) is 10.1. The van der Waals surface area contributed by atoms with Gasteiger partial charge in [0, 0.05) is 10.3 Å². The number of hydrogen-bond acceptors (Lipinski definition) is 2. The van der Waals surface area contributed by atoms with Crippen LogP contribution in [-0.2, 0) is 13.0 Å². The summed E-state index contributed by atoms with van der Waals surface area (Å²) in [6.45, 7) is 2.31. The normalized spacial score (nSPS) is 10.2. The second-order valence-corrected chi connectivity index (χ2v) is 4.03. The number of aromatic nitrogens is 1. The number of hydrogen-bond donors (Lipinski definition) is 0. The zero-order valence-electron chi connectivity index (χ0n) is 9.39. The molecular weight excluding hydrogens is 236 g/mol. The van der Waals surface area contributed by atoms with E-state index < -0.39 is 0 Å². The van der Waals surface area contributed by atoms with Crippen molar-refractivity contribution in [3.63, 3.8) is 0 Å². The van der Waals surface area contributed by atoms with Crippen molar-refractivity contribution in [3.05, 3.63) is 51.0 Å². The Kier molecular flexibility index (Phi) is 3.47. The molecule has 0 spiro atoms. The number of rotatable bonds is 3. The van der Waals surface area contributed by atoms with Gasteiger partial charge in [-0.05, 0) is 29.1 Å². The maximum Gasteiger partial charge on any atom is 0.133 e. The average Bonchev–Trinajstić information content (AvgIpc) is 2.35. The van der Waals surface area contributed by atoms with E-state index >= 15 is 0 Å². The largest absolute Gasteiger partial charge is 0.236 e. The van der Waals surface area contributed by atoms with Crippen molar-refractivity contribution < 1.29 is 0 Å². The molecule has 0 aliphatic carbocycles. The minimum atomic E-state index is 0.231. The van der Waals surface area contributed by atoms with E-state index in [1.54, 1.807) is 0 Å². The van der Waals surface area contributed by atoms with Crippen molar-refractivity contribution in [1.29, 1.82) is 0 Å². The minimum Gasteiger partial charge on any atom is -0.236 e. The highest BCUT2D eigenvalue weighted by Crippen LogP contribution is 2.24. The Morgan fingerprint density at radius 2 is 2.24 bits per heavy atom. The van der Waals surface area contributed by atoms with Crippen LogP contribution in [0.2, 0.25) is 5.15 Å². The van der Waals surface area contributed by atoms with Gasteiger partial charge in [-0.15, -0.1) is 0 Å². The summed E-state index contributed by atoms with van der Waals surface area (Å²) in [4.78, 5) is 7.11. The first kappa shape index (κ1) is 11.7. The Balaban J connectivity index is 2.61. The second-order valence-electron chi connectivity index (χ2n) is 3.67. The fourth-order valence-corrected chi connectivity index (χ4v) is 1.98. The van der Waals surface area contributed by atoms with E-state index in [0.29, 0.717) is 5.15 Å². The van der Waals surface area contributed by atoms with Gasteiger partial charge in [0.25, 0.3) is 0 Å². The van der Waals surface area contributed by atoms with Gasteiger partial charge in [-0.3, -0.25) is 0 Å². The monoisotopic (exact) mass is 246 g/mol. The molecule has 0 saturated heterocycles. The van der Waals surface area contributed by atoms with Gasteiger partial charge in [-0.25, -0.2) is 4.98 Å². The predicted molar refractivity (Wildman–Crippen MR) is 69.0 cm³/mol. The van der Waals surface area contributed by atoms with Gasteiger partial charge in [0.15, 0.2) is 0 Å². The van der Waals surface area contributed by atoms with Gasteiger partial charge in [0.1, 0.15) is 5.15 Å². The van der Waals surface area contributed by atoms with Crippen molar-refractivity contribution in [2.45, 2.75) is 19.9 Å². The predicted octanol–water partition coefficient (Wildman–Crippen LogP) is 4.26. The van der Waals surface area contributed by atoms with E-state index in [1.807, 2.05) is 24.3 Å². The Bertz CT molecular complexity index is 603. The first-order valence-corrected chi connectivity index (χ1v) is 5.72. The van der Waals surface area contributed by atoms with Crippen LogP contribution in [0.15, 0.2) is 29.4 Å². The smallest absolute Gasteiger partial charge is 0.133 e. The Morgan fingerprint density at radius 1 is 1.41 bits per heavy atom. The van der Waals surface area contributed by atoms with E-state index in [1.165, 1.54) is 5.56 Å². The molecule has 0 aliphatic rings. The lowest BCUT2D eigenvalue weighted by Crippen LogP contribution is -1.92. The summed E-state index contributed by atoms with van der Waals surface area (Å²) in [5, 5.41) is 4.94. The highest BCUT2D eigenvalue weighted by molar-refractivity contribution is 6.30. The van der Waals surface area contributed by atoms with Gasteiger partial charge in [-0.1, -0.05) is 41.8 Å². The van der Waals surface area contributed by atoms with Crippen LogP contribution < -0.4 is 0 Å². The Labute approximate surface area is 104 Å². The van der Waals surface area contributed by atoms with Crippen LogP contribution >= 0.6 is 11.6 Å². The number of azide groups is 1. The molecule has 5 heteroatoms. The molecule has 0 unspecified atom stereocenters. The standard InChI is InChI=1S/C12H11ClN4/c1-2-8-4-3-5-9-6-10(7-15-17-14)12(13)16-11(8)9/h3-6H,2,7H2,1H3. The molecule has 4 nitrogen and oxygen atoms in total. The Morgan fingerprint density at radius 3 is 2.94 bits per heavy atom. The maximum atomic E-state index is 8.31. The number of pyridine rings is 1. The number of nitrogens with zero attached hydrogens (tertiary/aromatic N) is 4. The topological polar surface area (TPSA) is 61.7 Å². The molecule has 1 heterocycles. The highest BCUT2D eigenvalue weighted by Gasteiger charge is 2.06. The molecule has 0 radical (unpaired) electrons. The van der Waals surface area contributed by atoms with E-state index in [-0.39, 0.29) is 6.54 Å². The number of aryl methyl sites for hydroxylation is 1. The van der Waals surface area contributed by atoms with Crippen LogP contribution in [0.4, 0.5) is 0 Å². The molecule has 0 amide bonds. The third-order valence-corrected chi connectivity index (χ3v) is 2.97. The molecule has 2 aromatic rings. The second kappa shape index (κ2) is 5.04. The first-order chi connectivity index (χ1) is 8.26. The van der Waals surface area contributed by atoms with Crippen LogP contribution in [0.5, 0.6) is 0 Å². The molecule has 0 N–H and O–H groups in total. The average molecular weight is 247 g/mol. The number of halogens is 1. The molecule has 0 atom stereocenters. The van der Waals surface area contributed by atoms with Gasteiger partial charge < -0.3 is 0 Å². The van der Waals surface area contributed by atoms with Crippen molar-refractivity contribution in [1.82, 2.24) is 4.98 Å². The third kappa shape index (κ3) is 2.33. The summed E-state index contributed by atoms with van der Waals surface area (Å²) < 4.78 is 0. The van der Waals surface area contributed by atoms with Crippen molar-refractivity contribution in [2.24, 2.45) is 5.11 Å². The lowest BCUT2D eigenvalue weighted by molar-refractivity contribution is 1.03. The van der Waals surface area contributed by atoms with Gasteiger partial charge in [-0.2, -0.15) is 0 Å². The van der Waals surface area contributed by atoms with E-state index in [0.717, 1.165) is 22.9 Å². The highest BCUT2D eigenvalue weighted by atomic mass is 35.5. The molecule has 17 heavy (non-hydrogen) atoms. The zero-order chi connectivity index (χ0) is 12.3. The molecule has 1 aromatic carbocycles. The van der Waals surface area contributed by atoms with Gasteiger partial charge in [0.2, 0.25) is 0 Å². The maximum absolute atomic E-state index is 8.31. The molecule has 0 aliphatic heterocycles. The Hall–Kier alpha value is -1.77. The summed E-state index contributed by atoms with van der Waals surface area (Å²) >= 11 is 6.07. The molecule has 1 aromatic heterocycles. The molecule has 86 valence electrons. The van der Waals surface area contributed by atoms with E-state index in [4.69, 9.17) is 17.1 Å². The minimum absolute atomic E-state index is 0.231. The van der Waals surface area contributed by atoms with Crippen molar-refractivity contribution >= 4 is 22.5 Å². The quantitative estimate of drug-likeness (QED) is 0.345. The number of benzene rings is 1. The van der Waals surface area contributed by atoms with Crippen LogP contribution in [0.1, 0.15) is 18.1 Å². The molecule has 0 saturated carbocycles. The van der Waals surface area contributed by atoms with Crippen molar-refractivity contribution in [3.8, 4) is 0 Å². The lowest BCUT2D eigenvalue weighted by atomic mass is 10.1. The van der Waals surface area contributed by atoms with Crippen LogP contribution in [0.3, 0.4) is 0 Å². The molecule has 0 bridgehead atoms. The summed E-state index contributed by atoms with van der Waals surface area (Å²) in [7, 11) is 0. The van der Waals surface area contributed by atoms with Gasteiger partial charge in [0.05, 0.1) is 12.1 Å². The SMILES string of the molecule is CCc1cccc2cc(CN=[N+]=[N-])c(Cl)nc12. The van der Waals surface area contributed by atoms with Crippen molar-refractivity contribution in [2.75, 3.05) is 0 Å². The summed E-state index contributed by atoms with van der Waals surface area (Å²) in [6.07, 6.45) is 0.913. The third-order valence-electron chi connectivity index (χ3n) is 2.64. The van der Waals surface area contributed by atoms with Crippen LogP contribution in [-0.4, -0.2) is 4.98 Å². The molecular formula is C12H11ClN4. The molecule has 0 fully saturated rings. The van der Waals surface area contributed by atoms with Gasteiger partial charge >= 0.3 is 0 Å². The van der Waals surface area contributed by atoms with Crippen LogP contribution in [0.25, 0.3) is 21.3 Å². The fraction of sp³-hybridized carbons (Fsp3) is 0.250. The summed E-state index contributed by atoms with van der Waals surface area (Å²) in [6, 6.07) is 7.95. The lowest BCUT2D eigenvalue weighted by Gasteiger charge is -2.06. The first-order valence-electron chi connectivity index (χ1n) is 5.34. The fourth-order valence-electron chi connectivity index (χ4n) is 1.79.